The van der Waals surface area contributed by atoms with Gasteiger partial charge < -0.3 is 15.7 Å². The highest BCUT2D eigenvalue weighted by molar-refractivity contribution is 6.31. The van der Waals surface area contributed by atoms with Crippen molar-refractivity contribution in [2.24, 2.45) is 0 Å². The maximum Gasteiger partial charge on any atom is 0.238 e. The quantitative estimate of drug-likeness (QED) is 0.416. The Kier molecular flexibility index (Phi) is 6.70. The van der Waals surface area contributed by atoms with Crippen LogP contribution in [0.2, 0.25) is 10.0 Å². The summed E-state index contributed by atoms with van der Waals surface area (Å²) in [6.45, 7) is 0. The van der Waals surface area contributed by atoms with Crippen molar-refractivity contribution in [2.75, 3.05) is 5.32 Å². The molecule has 1 saturated heterocycles. The van der Waals surface area contributed by atoms with Crippen LogP contribution in [0.4, 0.5) is 10.1 Å². The van der Waals surface area contributed by atoms with Gasteiger partial charge in [-0.15, -0.1) is 0 Å². The van der Waals surface area contributed by atoms with Crippen molar-refractivity contribution < 1.29 is 19.1 Å². The van der Waals surface area contributed by atoms with Gasteiger partial charge in [0.25, 0.3) is 0 Å². The van der Waals surface area contributed by atoms with Crippen LogP contribution in [0.15, 0.2) is 36.4 Å². The minimum Gasteiger partial charge on any atom is -0.393 e. The Bertz CT molecular complexity index is 1280. The fourth-order valence-corrected chi connectivity index (χ4v) is 8.08. The van der Waals surface area contributed by atoms with E-state index in [1.807, 2.05) is 6.07 Å². The van der Waals surface area contributed by atoms with E-state index >= 15 is 4.39 Å². The van der Waals surface area contributed by atoms with Gasteiger partial charge in [0.15, 0.2) is 0 Å². The molecule has 0 aromatic heterocycles. The van der Waals surface area contributed by atoms with Crippen molar-refractivity contribution >= 4 is 40.7 Å². The Hall–Kier alpha value is -2.19. The van der Waals surface area contributed by atoms with Crippen molar-refractivity contribution in [2.45, 2.75) is 92.8 Å². The Labute approximate surface area is 231 Å². The zero-order valence-electron chi connectivity index (χ0n) is 21.0. The summed E-state index contributed by atoms with van der Waals surface area (Å²) in [6, 6.07) is 9.20. The number of aliphatic hydroxyl groups excluding tert-OH is 1. The normalized spacial score (nSPS) is 31.8. The van der Waals surface area contributed by atoms with Crippen LogP contribution in [0.25, 0.3) is 0 Å². The molecule has 2 spiro atoms. The van der Waals surface area contributed by atoms with E-state index in [2.05, 4.69) is 16.0 Å². The van der Waals surface area contributed by atoms with E-state index in [4.69, 9.17) is 23.2 Å². The summed E-state index contributed by atoms with van der Waals surface area (Å²) >= 11 is 12.6. The highest BCUT2D eigenvalue weighted by Gasteiger charge is 2.72. The van der Waals surface area contributed by atoms with Gasteiger partial charge >= 0.3 is 0 Å². The predicted molar refractivity (Wildman–Crippen MR) is 145 cm³/mol. The van der Waals surface area contributed by atoms with Gasteiger partial charge in [-0.25, -0.2) is 4.39 Å². The minimum atomic E-state index is -1.23. The third kappa shape index (κ3) is 3.88. The summed E-state index contributed by atoms with van der Waals surface area (Å²) in [5.74, 6) is -1.95. The van der Waals surface area contributed by atoms with E-state index in [9.17, 15) is 14.7 Å². The van der Waals surface area contributed by atoms with Crippen molar-refractivity contribution in [3.8, 4) is 0 Å². The van der Waals surface area contributed by atoms with Crippen LogP contribution in [0.5, 0.6) is 0 Å². The first-order chi connectivity index (χ1) is 18.3. The molecule has 2 amide bonds. The lowest BCUT2D eigenvalue weighted by atomic mass is 9.55. The molecule has 2 aliphatic carbocycles. The molecule has 3 fully saturated rings. The lowest BCUT2D eigenvalue weighted by Gasteiger charge is -2.47. The number of aliphatic hydroxyl groups is 1. The fraction of sp³-hybridized carbons (Fsp3) is 0.517. The number of hydrogen-bond acceptors (Lipinski definition) is 4. The molecule has 0 radical (unpaired) electrons. The molecule has 38 heavy (non-hydrogen) atoms. The molecule has 0 unspecified atom stereocenters. The molecule has 3 atom stereocenters. The first kappa shape index (κ1) is 26.1. The maximum atomic E-state index is 15.9. The second-order valence-electron chi connectivity index (χ2n) is 11.4. The summed E-state index contributed by atoms with van der Waals surface area (Å²) < 4.78 is 15.9. The highest BCUT2D eigenvalue weighted by atomic mass is 35.5. The van der Waals surface area contributed by atoms with Gasteiger partial charge in [0.1, 0.15) is 11.2 Å². The average Bonchev–Trinajstić information content (AvgIpc) is 3.35. The summed E-state index contributed by atoms with van der Waals surface area (Å²) in [4.78, 5) is 28.4. The molecule has 6 nitrogen and oxygen atoms in total. The number of carbonyl (C=O) groups excluding carboxylic acids is 2. The molecule has 2 aliphatic heterocycles. The van der Waals surface area contributed by atoms with Gasteiger partial charge in [-0.3, -0.25) is 14.9 Å². The molecule has 0 bridgehead atoms. The fourth-order valence-electron chi connectivity index (χ4n) is 7.73. The maximum absolute atomic E-state index is 15.9. The van der Waals surface area contributed by atoms with Crippen molar-refractivity contribution in [1.82, 2.24) is 10.6 Å². The Morgan fingerprint density at radius 3 is 2.53 bits per heavy atom. The van der Waals surface area contributed by atoms with Gasteiger partial charge in [0.2, 0.25) is 11.8 Å². The van der Waals surface area contributed by atoms with E-state index in [0.717, 1.165) is 24.8 Å². The zero-order valence-corrected chi connectivity index (χ0v) is 22.5. The molecular weight excluding hydrogens is 528 g/mol. The summed E-state index contributed by atoms with van der Waals surface area (Å²) in [5, 5.41) is 20.2. The van der Waals surface area contributed by atoms with Crippen LogP contribution in [0.1, 0.15) is 74.8 Å². The molecule has 2 saturated carbocycles. The number of hydrogen-bond donors (Lipinski definition) is 4. The largest absolute Gasteiger partial charge is 0.393 e. The summed E-state index contributed by atoms with van der Waals surface area (Å²) in [5.41, 5.74) is -0.391. The zero-order chi connectivity index (χ0) is 26.7. The van der Waals surface area contributed by atoms with Gasteiger partial charge in [0, 0.05) is 28.2 Å². The number of halogens is 3. The van der Waals surface area contributed by atoms with Crippen LogP contribution in [0.3, 0.4) is 0 Å². The third-order valence-electron chi connectivity index (χ3n) is 9.35. The van der Waals surface area contributed by atoms with Gasteiger partial charge in [0.05, 0.1) is 17.2 Å². The number of carbonyl (C=O) groups is 2. The smallest absolute Gasteiger partial charge is 0.238 e. The van der Waals surface area contributed by atoms with E-state index in [1.54, 1.807) is 24.3 Å². The Morgan fingerprint density at radius 1 is 1.05 bits per heavy atom. The number of nitrogens with one attached hydrogen (secondary N) is 3. The number of anilines is 1. The topological polar surface area (TPSA) is 90.5 Å². The van der Waals surface area contributed by atoms with Crippen LogP contribution < -0.4 is 16.0 Å². The second-order valence-corrected chi connectivity index (χ2v) is 12.2. The molecule has 4 N–H and O–H groups in total. The van der Waals surface area contributed by atoms with Crippen LogP contribution >= 0.6 is 23.2 Å². The molecular formula is C29H32Cl2FN3O3. The third-order valence-corrected chi connectivity index (χ3v) is 9.88. The molecule has 6 rings (SSSR count). The lowest BCUT2D eigenvalue weighted by molar-refractivity contribution is -0.125. The number of fused-ring (bicyclic) bond motifs is 3. The highest BCUT2D eigenvalue weighted by Crippen LogP contribution is 2.62. The predicted octanol–water partition coefficient (Wildman–Crippen LogP) is 5.20. The Balaban J connectivity index is 1.53. The van der Waals surface area contributed by atoms with Gasteiger partial charge in [-0.2, -0.15) is 0 Å². The van der Waals surface area contributed by atoms with Crippen LogP contribution in [-0.2, 0) is 15.0 Å². The molecule has 2 aromatic carbocycles. The van der Waals surface area contributed by atoms with Crippen molar-refractivity contribution in [3.63, 3.8) is 0 Å². The molecule has 202 valence electrons. The summed E-state index contributed by atoms with van der Waals surface area (Å²) in [7, 11) is 0. The molecule has 9 heteroatoms. The van der Waals surface area contributed by atoms with Crippen molar-refractivity contribution in [1.29, 1.82) is 0 Å². The molecule has 4 aliphatic rings. The van der Waals surface area contributed by atoms with Crippen molar-refractivity contribution in [3.05, 3.63) is 63.4 Å². The van der Waals surface area contributed by atoms with E-state index in [0.29, 0.717) is 49.2 Å². The summed E-state index contributed by atoms with van der Waals surface area (Å²) in [6.07, 6.45) is 6.43. The SMILES string of the molecule is O=C(NC1CCC(O)CC1)[C@@H]1NC2(CCCCC2)[C@]2(C(=O)Nc3cc(Cl)ccc32)[C@H]1c1cccc(Cl)c1F. The number of rotatable bonds is 3. The van der Waals surface area contributed by atoms with Crippen LogP contribution in [0, 0.1) is 5.82 Å². The lowest BCUT2D eigenvalue weighted by Crippen LogP contribution is -2.60. The monoisotopic (exact) mass is 559 g/mol. The first-order valence-electron chi connectivity index (χ1n) is 13.6. The minimum absolute atomic E-state index is 0.0441. The molecule has 2 aromatic rings. The van der Waals surface area contributed by atoms with Gasteiger partial charge in [-0.1, -0.05) is 60.7 Å². The van der Waals surface area contributed by atoms with E-state index in [-0.39, 0.29) is 34.5 Å². The van der Waals surface area contributed by atoms with Crippen LogP contribution in [-0.4, -0.2) is 40.6 Å². The van der Waals surface area contributed by atoms with E-state index in [1.165, 1.54) is 6.07 Å². The first-order valence-corrected chi connectivity index (χ1v) is 14.3. The number of amides is 2. The van der Waals surface area contributed by atoms with Gasteiger partial charge in [-0.05, 0) is 67.9 Å². The second kappa shape index (κ2) is 9.77. The Morgan fingerprint density at radius 2 is 1.79 bits per heavy atom. The average molecular weight is 560 g/mol. The number of benzene rings is 2. The standard InChI is InChI=1S/C29H32Cl2FN3O3/c30-16-7-12-20-22(15-16)34-27(38)29(20)23(19-5-4-6-21(31)24(19)32)25(35-28(29)13-2-1-3-14-28)26(37)33-17-8-10-18(36)11-9-17/h4-7,12,15,17-18,23,25,35-36H,1-3,8-11,13-14H2,(H,33,37)(H,34,38)/t17?,18?,23-,25+,29-/m0/s1. The molecule has 2 heterocycles. The van der Waals surface area contributed by atoms with E-state index < -0.39 is 28.7 Å².